The summed E-state index contributed by atoms with van der Waals surface area (Å²) in [6.45, 7) is 14.1. The summed E-state index contributed by atoms with van der Waals surface area (Å²) in [6.07, 6.45) is 0. The predicted octanol–water partition coefficient (Wildman–Crippen LogP) is 3.59. The molecule has 13 heavy (non-hydrogen) atoms. The van der Waals surface area contributed by atoms with Crippen LogP contribution in [0.5, 0.6) is 0 Å². The lowest BCUT2D eigenvalue weighted by molar-refractivity contribution is 0.604. The van der Waals surface area contributed by atoms with Gasteiger partial charge in [0.15, 0.2) is 0 Å². The summed E-state index contributed by atoms with van der Waals surface area (Å²) >= 11 is 2.01. The van der Waals surface area contributed by atoms with Gasteiger partial charge in [0.1, 0.15) is 0 Å². The van der Waals surface area contributed by atoms with Crippen molar-refractivity contribution < 1.29 is 0 Å². The van der Waals surface area contributed by atoms with Crippen LogP contribution in [0.3, 0.4) is 0 Å². The number of thiophene rings is 1. The summed E-state index contributed by atoms with van der Waals surface area (Å²) < 4.78 is 1.62. The predicted molar refractivity (Wildman–Crippen MR) is 66.0 cm³/mol. The Kier molecular flexibility index (Phi) is 2.75. The highest BCUT2D eigenvalue weighted by molar-refractivity contribution is 7.26. The molecule has 0 atom stereocenters. The lowest BCUT2D eigenvalue weighted by Crippen LogP contribution is -2.34. The van der Waals surface area contributed by atoms with Crippen LogP contribution in [0.2, 0.25) is 19.6 Å². The van der Waals surface area contributed by atoms with Crippen molar-refractivity contribution in [2.45, 2.75) is 45.8 Å². The van der Waals surface area contributed by atoms with Gasteiger partial charge in [-0.15, -0.1) is 11.3 Å². The minimum absolute atomic E-state index is 0.322. The molecule has 1 rings (SSSR count). The zero-order chi connectivity index (χ0) is 10.3. The highest BCUT2D eigenvalue weighted by atomic mass is 32.1. The van der Waals surface area contributed by atoms with Crippen molar-refractivity contribution in [1.82, 2.24) is 0 Å². The van der Waals surface area contributed by atoms with Crippen molar-refractivity contribution in [3.8, 4) is 0 Å². The molecule has 0 spiro atoms. The van der Waals surface area contributed by atoms with Crippen molar-refractivity contribution >= 4 is 23.9 Å². The van der Waals surface area contributed by atoms with E-state index in [1.807, 2.05) is 11.3 Å². The maximum absolute atomic E-state index is 2.41. The van der Waals surface area contributed by atoms with Crippen LogP contribution < -0.4 is 4.50 Å². The van der Waals surface area contributed by atoms with E-state index < -0.39 is 8.07 Å². The van der Waals surface area contributed by atoms with E-state index in [9.17, 15) is 0 Å². The van der Waals surface area contributed by atoms with Gasteiger partial charge in [0, 0.05) is 4.88 Å². The Balaban J connectivity index is 3.01. The van der Waals surface area contributed by atoms with E-state index in [-0.39, 0.29) is 0 Å². The van der Waals surface area contributed by atoms with Crippen LogP contribution in [0.4, 0.5) is 0 Å². The molecule has 2 heteroatoms. The van der Waals surface area contributed by atoms with Gasteiger partial charge in [-0.25, -0.2) is 0 Å². The van der Waals surface area contributed by atoms with Crippen LogP contribution in [0.25, 0.3) is 0 Å². The number of rotatable bonds is 1. The van der Waals surface area contributed by atoms with Crippen LogP contribution in [-0.4, -0.2) is 8.07 Å². The topological polar surface area (TPSA) is 0 Å². The van der Waals surface area contributed by atoms with E-state index >= 15 is 0 Å². The lowest BCUT2D eigenvalue weighted by atomic mass is 9.95. The Bertz CT molecular complexity index is 257. The highest BCUT2D eigenvalue weighted by Gasteiger charge is 2.22. The molecule has 0 aliphatic heterocycles. The molecule has 0 bridgehead atoms. The van der Waals surface area contributed by atoms with Crippen molar-refractivity contribution in [2.24, 2.45) is 0 Å². The Morgan fingerprint density at radius 2 is 1.62 bits per heavy atom. The molecule has 74 valence electrons. The molecule has 0 nitrogen and oxygen atoms in total. The fourth-order valence-corrected chi connectivity index (χ4v) is 4.10. The maximum atomic E-state index is 2.41. The van der Waals surface area contributed by atoms with Gasteiger partial charge in [-0.2, -0.15) is 0 Å². The van der Waals surface area contributed by atoms with E-state index in [1.165, 1.54) is 4.88 Å². The van der Waals surface area contributed by atoms with E-state index in [1.54, 1.807) is 4.50 Å². The van der Waals surface area contributed by atoms with Crippen LogP contribution in [0.1, 0.15) is 25.6 Å². The van der Waals surface area contributed by atoms with Crippen molar-refractivity contribution in [3.63, 3.8) is 0 Å². The molecule has 0 N–H and O–H groups in total. The van der Waals surface area contributed by atoms with Gasteiger partial charge in [0.05, 0.1) is 8.07 Å². The molecule has 1 heterocycles. The quantitative estimate of drug-likeness (QED) is 0.624. The van der Waals surface area contributed by atoms with Crippen LogP contribution in [0.15, 0.2) is 12.1 Å². The van der Waals surface area contributed by atoms with E-state index in [4.69, 9.17) is 0 Å². The second-order valence-electron chi connectivity index (χ2n) is 5.66. The van der Waals surface area contributed by atoms with Crippen LogP contribution >= 0.6 is 11.3 Å². The van der Waals surface area contributed by atoms with Crippen LogP contribution in [-0.2, 0) is 5.41 Å². The zero-order valence-corrected chi connectivity index (χ0v) is 11.4. The molecule has 0 saturated carbocycles. The molecule has 0 unspecified atom stereocenters. The normalized spacial score (nSPS) is 13.4. The molecule has 0 aromatic carbocycles. The molecule has 1 aromatic heterocycles. The summed E-state index contributed by atoms with van der Waals surface area (Å²) in [4.78, 5) is 1.52. The first kappa shape index (κ1) is 11.0. The standard InChI is InChI=1S/C11H20SSi/c1-11(2,3)9-7-8-10(12-9)13(4,5)6/h7-8H,1-6H3. The van der Waals surface area contributed by atoms with Gasteiger partial charge in [-0.3, -0.25) is 0 Å². The van der Waals surface area contributed by atoms with Crippen molar-refractivity contribution in [2.75, 3.05) is 0 Å². The second kappa shape index (κ2) is 3.25. The van der Waals surface area contributed by atoms with Gasteiger partial charge in [0.2, 0.25) is 0 Å². The molecule has 0 fully saturated rings. The van der Waals surface area contributed by atoms with E-state index in [0.717, 1.165) is 0 Å². The largest absolute Gasteiger partial charge is 0.150 e. The molecule has 0 amide bonds. The molecular weight excluding hydrogens is 192 g/mol. The van der Waals surface area contributed by atoms with Crippen molar-refractivity contribution in [3.05, 3.63) is 17.0 Å². The van der Waals surface area contributed by atoms with Gasteiger partial charge < -0.3 is 0 Å². The summed E-state index contributed by atoms with van der Waals surface area (Å²) in [7, 11) is -1.07. The summed E-state index contributed by atoms with van der Waals surface area (Å²) in [6, 6.07) is 4.63. The lowest BCUT2D eigenvalue weighted by Gasteiger charge is -2.17. The fourth-order valence-electron chi connectivity index (χ4n) is 1.14. The first-order valence-electron chi connectivity index (χ1n) is 4.82. The third kappa shape index (κ3) is 2.68. The minimum atomic E-state index is -1.07. The molecule has 0 saturated heterocycles. The van der Waals surface area contributed by atoms with E-state index in [2.05, 4.69) is 52.5 Å². The van der Waals surface area contributed by atoms with Gasteiger partial charge in [-0.05, 0) is 16.0 Å². The number of hydrogen-bond acceptors (Lipinski definition) is 1. The first-order valence-corrected chi connectivity index (χ1v) is 9.14. The average Bonchev–Trinajstić information content (AvgIpc) is 2.28. The maximum Gasteiger partial charge on any atom is 0.0904 e. The molecular formula is C11H20SSi. The van der Waals surface area contributed by atoms with Gasteiger partial charge in [-0.1, -0.05) is 46.5 Å². The minimum Gasteiger partial charge on any atom is -0.150 e. The summed E-state index contributed by atoms with van der Waals surface area (Å²) in [5, 5.41) is 0. The van der Waals surface area contributed by atoms with Gasteiger partial charge >= 0.3 is 0 Å². The first-order chi connectivity index (χ1) is 5.71. The van der Waals surface area contributed by atoms with Gasteiger partial charge in [0.25, 0.3) is 0 Å². The average molecular weight is 212 g/mol. The Morgan fingerprint density at radius 3 is 1.85 bits per heavy atom. The third-order valence-electron chi connectivity index (χ3n) is 2.08. The summed E-state index contributed by atoms with van der Waals surface area (Å²) in [5.74, 6) is 0. The fraction of sp³-hybridized carbons (Fsp3) is 0.636. The summed E-state index contributed by atoms with van der Waals surface area (Å²) in [5.41, 5.74) is 0.322. The van der Waals surface area contributed by atoms with Crippen molar-refractivity contribution in [1.29, 1.82) is 0 Å². The van der Waals surface area contributed by atoms with Crippen LogP contribution in [0, 0.1) is 0 Å². The monoisotopic (exact) mass is 212 g/mol. The Morgan fingerprint density at radius 1 is 1.08 bits per heavy atom. The molecule has 1 aromatic rings. The molecule has 0 aliphatic rings. The highest BCUT2D eigenvalue weighted by Crippen LogP contribution is 2.26. The SMILES string of the molecule is CC(C)(C)c1ccc([Si](C)(C)C)s1. The van der Waals surface area contributed by atoms with E-state index in [0.29, 0.717) is 5.41 Å². The Hall–Kier alpha value is -0.0831. The third-order valence-corrected chi connectivity index (χ3v) is 7.20. The smallest absolute Gasteiger partial charge is 0.0904 e. The zero-order valence-electron chi connectivity index (χ0n) is 9.56. The Labute approximate surface area is 87.0 Å². The molecule has 0 radical (unpaired) electrons. The second-order valence-corrected chi connectivity index (χ2v) is 12.1. The number of hydrogen-bond donors (Lipinski definition) is 0. The molecule has 0 aliphatic carbocycles.